The second-order valence-electron chi connectivity index (χ2n) is 5.81. The van der Waals surface area contributed by atoms with Crippen molar-refractivity contribution in [1.29, 1.82) is 0 Å². The molecule has 0 aliphatic carbocycles. The molecule has 0 bridgehead atoms. The van der Waals surface area contributed by atoms with Crippen molar-refractivity contribution in [3.63, 3.8) is 0 Å². The summed E-state index contributed by atoms with van der Waals surface area (Å²) in [6, 6.07) is 0.676. The summed E-state index contributed by atoms with van der Waals surface area (Å²) >= 11 is 1.49. The number of carbonyl (C=O) groups is 1. The third-order valence-corrected chi connectivity index (χ3v) is 5.34. The average Bonchev–Trinajstić information content (AvgIpc) is 3.15. The van der Waals surface area contributed by atoms with E-state index in [-0.39, 0.29) is 11.9 Å². The Kier molecular flexibility index (Phi) is 4.95. The summed E-state index contributed by atoms with van der Waals surface area (Å²) in [5, 5.41) is 5.84. The molecule has 0 saturated carbocycles. The Balaban J connectivity index is 1.65. The average molecular weight is 324 g/mol. The maximum atomic E-state index is 12.7. The molecule has 0 unspecified atom stereocenters. The third-order valence-electron chi connectivity index (χ3n) is 4.54. The summed E-state index contributed by atoms with van der Waals surface area (Å²) in [6.45, 7) is 9.36. The predicted octanol–water partition coefficient (Wildman–Crippen LogP) is 1.51. The quantitative estimate of drug-likeness (QED) is 0.910. The summed E-state index contributed by atoms with van der Waals surface area (Å²) < 4.78 is 5.43. The zero-order valence-corrected chi connectivity index (χ0v) is 14.1. The van der Waals surface area contributed by atoms with Gasteiger partial charge in [-0.1, -0.05) is 0 Å². The van der Waals surface area contributed by atoms with Crippen molar-refractivity contribution in [2.45, 2.75) is 32.4 Å². The van der Waals surface area contributed by atoms with Gasteiger partial charge in [0.05, 0.1) is 13.2 Å². The van der Waals surface area contributed by atoms with Crippen LogP contribution in [0.15, 0.2) is 5.38 Å². The fourth-order valence-corrected chi connectivity index (χ4v) is 4.11. The molecule has 6 nitrogen and oxygen atoms in total. The maximum absolute atomic E-state index is 12.7. The van der Waals surface area contributed by atoms with Gasteiger partial charge < -0.3 is 15.0 Å². The van der Waals surface area contributed by atoms with Gasteiger partial charge in [0.15, 0.2) is 5.13 Å². The van der Waals surface area contributed by atoms with E-state index in [0.29, 0.717) is 11.7 Å². The highest BCUT2D eigenvalue weighted by molar-refractivity contribution is 7.13. The number of anilines is 1. The number of nitrogens with one attached hydrogen (secondary N) is 1. The fourth-order valence-electron chi connectivity index (χ4n) is 3.36. The molecular formula is C15H24N4O2S. The first-order chi connectivity index (χ1) is 10.7. The van der Waals surface area contributed by atoms with Crippen LogP contribution in [-0.4, -0.2) is 72.2 Å². The van der Waals surface area contributed by atoms with Crippen LogP contribution in [0.2, 0.25) is 0 Å². The van der Waals surface area contributed by atoms with E-state index in [1.807, 2.05) is 17.2 Å². The van der Waals surface area contributed by atoms with E-state index in [0.717, 1.165) is 50.9 Å². The van der Waals surface area contributed by atoms with Crippen LogP contribution in [0.4, 0.5) is 5.13 Å². The van der Waals surface area contributed by atoms with Crippen molar-refractivity contribution < 1.29 is 9.53 Å². The van der Waals surface area contributed by atoms with Crippen LogP contribution in [0.25, 0.3) is 0 Å². The molecule has 1 N–H and O–H groups in total. The van der Waals surface area contributed by atoms with Gasteiger partial charge >= 0.3 is 0 Å². The zero-order chi connectivity index (χ0) is 15.5. The molecule has 1 aromatic heterocycles. The van der Waals surface area contributed by atoms with Gasteiger partial charge in [0.25, 0.3) is 5.91 Å². The molecular weight excluding hydrogens is 300 g/mol. The Morgan fingerprint density at radius 1 is 1.45 bits per heavy atom. The molecule has 0 radical (unpaired) electrons. The highest BCUT2D eigenvalue weighted by atomic mass is 32.1. The lowest BCUT2D eigenvalue weighted by Gasteiger charge is -2.35. The number of hydrogen-bond acceptors (Lipinski definition) is 6. The molecule has 3 rings (SSSR count). The monoisotopic (exact) mass is 324 g/mol. The molecule has 2 aliphatic rings. The van der Waals surface area contributed by atoms with Crippen LogP contribution in [0.3, 0.4) is 0 Å². The van der Waals surface area contributed by atoms with Crippen molar-refractivity contribution in [3.05, 3.63) is 11.1 Å². The summed E-state index contributed by atoms with van der Waals surface area (Å²) in [6.07, 6.45) is 1.04. The number of thiazole rings is 1. The van der Waals surface area contributed by atoms with E-state index in [4.69, 9.17) is 4.74 Å². The first-order valence-electron chi connectivity index (χ1n) is 8.03. The minimum absolute atomic E-state index is 0.0589. The molecule has 7 heteroatoms. The number of carbonyl (C=O) groups excluding carboxylic acids is 1. The van der Waals surface area contributed by atoms with E-state index in [1.165, 1.54) is 11.3 Å². The molecule has 122 valence electrons. The van der Waals surface area contributed by atoms with Gasteiger partial charge in [0, 0.05) is 43.6 Å². The summed E-state index contributed by atoms with van der Waals surface area (Å²) in [4.78, 5) is 21.5. The van der Waals surface area contributed by atoms with Crippen LogP contribution in [0, 0.1) is 0 Å². The number of amides is 1. The molecule has 1 amide bonds. The lowest BCUT2D eigenvalue weighted by Crippen LogP contribution is -2.49. The Labute approximate surface area is 135 Å². The van der Waals surface area contributed by atoms with Gasteiger partial charge in [-0.15, -0.1) is 11.3 Å². The topological polar surface area (TPSA) is 57.7 Å². The molecule has 2 saturated heterocycles. The molecule has 1 aromatic rings. The molecule has 22 heavy (non-hydrogen) atoms. The first kappa shape index (κ1) is 15.7. The van der Waals surface area contributed by atoms with Gasteiger partial charge in [-0.2, -0.15) is 0 Å². The molecule has 2 atom stereocenters. The number of morpholine rings is 1. The van der Waals surface area contributed by atoms with Crippen LogP contribution >= 0.6 is 11.3 Å². The molecule has 0 spiro atoms. The lowest BCUT2D eigenvalue weighted by molar-refractivity contribution is 0.0104. The van der Waals surface area contributed by atoms with Gasteiger partial charge in [0.1, 0.15) is 5.69 Å². The summed E-state index contributed by atoms with van der Waals surface area (Å²) in [7, 11) is 0. The largest absolute Gasteiger partial charge is 0.379 e. The maximum Gasteiger partial charge on any atom is 0.273 e. The van der Waals surface area contributed by atoms with E-state index >= 15 is 0 Å². The smallest absolute Gasteiger partial charge is 0.273 e. The summed E-state index contributed by atoms with van der Waals surface area (Å²) in [5.41, 5.74) is 0.565. The van der Waals surface area contributed by atoms with E-state index in [2.05, 4.69) is 22.1 Å². The molecule has 2 fully saturated rings. The summed E-state index contributed by atoms with van der Waals surface area (Å²) in [5.74, 6) is 0.0589. The Morgan fingerprint density at radius 3 is 2.95 bits per heavy atom. The molecule has 3 heterocycles. The Morgan fingerprint density at radius 2 is 2.23 bits per heavy atom. The normalized spacial score (nSPS) is 26.4. The number of hydrogen-bond donors (Lipinski definition) is 1. The number of aromatic nitrogens is 1. The van der Waals surface area contributed by atoms with Crippen molar-refractivity contribution in [2.24, 2.45) is 0 Å². The predicted molar refractivity (Wildman–Crippen MR) is 87.6 cm³/mol. The van der Waals surface area contributed by atoms with Crippen molar-refractivity contribution in [1.82, 2.24) is 14.8 Å². The van der Waals surface area contributed by atoms with Gasteiger partial charge in [-0.25, -0.2) is 4.98 Å². The van der Waals surface area contributed by atoms with Crippen LogP contribution in [0.5, 0.6) is 0 Å². The van der Waals surface area contributed by atoms with Crippen molar-refractivity contribution >= 4 is 22.4 Å². The molecule has 2 aliphatic heterocycles. The number of rotatable bonds is 4. The van der Waals surface area contributed by atoms with Gasteiger partial charge in [-0.3, -0.25) is 9.69 Å². The molecule has 0 aromatic carbocycles. The second-order valence-corrected chi connectivity index (χ2v) is 6.67. The van der Waals surface area contributed by atoms with Crippen LogP contribution in [-0.2, 0) is 4.74 Å². The van der Waals surface area contributed by atoms with Gasteiger partial charge in [-0.05, 0) is 20.3 Å². The third kappa shape index (κ3) is 3.11. The van der Waals surface area contributed by atoms with Crippen molar-refractivity contribution in [3.8, 4) is 0 Å². The lowest BCUT2D eigenvalue weighted by atomic mass is 10.1. The number of ether oxygens (including phenoxy) is 1. The highest BCUT2D eigenvalue weighted by Crippen LogP contribution is 2.26. The SMILES string of the molecule is CCNc1nc(C(=O)N2CC[C@@H](N3CCOCC3)[C@H]2C)cs1. The van der Waals surface area contributed by atoms with Gasteiger partial charge in [0.2, 0.25) is 0 Å². The zero-order valence-electron chi connectivity index (χ0n) is 13.2. The van der Waals surface area contributed by atoms with E-state index in [1.54, 1.807) is 0 Å². The van der Waals surface area contributed by atoms with Crippen molar-refractivity contribution in [2.75, 3.05) is 44.7 Å². The first-order valence-corrected chi connectivity index (χ1v) is 8.91. The Bertz CT molecular complexity index is 515. The standard InChI is InChI=1S/C15H24N4O2S/c1-3-16-15-17-12(10-22-15)14(20)19-5-4-13(11(19)2)18-6-8-21-9-7-18/h10-11,13H,3-9H2,1-2H3,(H,16,17)/t11-,13-/m1/s1. The Hall–Kier alpha value is -1.18. The van der Waals surface area contributed by atoms with Crippen LogP contribution < -0.4 is 5.32 Å². The number of nitrogens with zero attached hydrogens (tertiary/aromatic N) is 3. The minimum atomic E-state index is 0.0589. The van der Waals surface area contributed by atoms with E-state index < -0.39 is 0 Å². The minimum Gasteiger partial charge on any atom is -0.379 e. The van der Waals surface area contributed by atoms with Crippen LogP contribution in [0.1, 0.15) is 30.8 Å². The fraction of sp³-hybridized carbons (Fsp3) is 0.733. The number of likely N-dealkylation sites (tertiary alicyclic amines) is 1. The van der Waals surface area contributed by atoms with E-state index in [9.17, 15) is 4.79 Å². The second kappa shape index (κ2) is 6.93. The highest BCUT2D eigenvalue weighted by Gasteiger charge is 2.38.